The van der Waals surface area contributed by atoms with Crippen LogP contribution < -0.4 is 10.9 Å². The molecular formula is C13H18N4O2. The fourth-order valence-electron chi connectivity index (χ4n) is 2.39. The molecule has 1 saturated heterocycles. The Morgan fingerprint density at radius 2 is 2.42 bits per heavy atom. The third kappa shape index (κ3) is 2.69. The van der Waals surface area contributed by atoms with Crippen LogP contribution in [-0.2, 0) is 11.3 Å². The van der Waals surface area contributed by atoms with Gasteiger partial charge >= 0.3 is 0 Å². The van der Waals surface area contributed by atoms with E-state index < -0.39 is 0 Å². The summed E-state index contributed by atoms with van der Waals surface area (Å²) in [7, 11) is 0. The highest BCUT2D eigenvalue weighted by molar-refractivity contribution is 5.42. The van der Waals surface area contributed by atoms with Crippen molar-refractivity contribution >= 4 is 5.52 Å². The molecule has 6 heteroatoms. The van der Waals surface area contributed by atoms with Crippen LogP contribution in [0.1, 0.15) is 6.42 Å². The van der Waals surface area contributed by atoms with E-state index >= 15 is 0 Å². The van der Waals surface area contributed by atoms with Gasteiger partial charge in [0.1, 0.15) is 5.52 Å². The van der Waals surface area contributed by atoms with E-state index in [0.717, 1.165) is 32.7 Å². The molecule has 1 fully saturated rings. The monoisotopic (exact) mass is 262 g/mol. The zero-order chi connectivity index (χ0) is 13.1. The van der Waals surface area contributed by atoms with Gasteiger partial charge in [-0.05, 0) is 18.4 Å². The number of hydrogen-bond acceptors (Lipinski definition) is 4. The number of rotatable bonds is 5. The summed E-state index contributed by atoms with van der Waals surface area (Å²) in [5, 5.41) is 7.43. The first-order chi connectivity index (χ1) is 9.34. The summed E-state index contributed by atoms with van der Waals surface area (Å²) in [4.78, 5) is 12.1. The van der Waals surface area contributed by atoms with Gasteiger partial charge in [0.05, 0.1) is 12.8 Å². The number of nitrogens with zero attached hydrogens (tertiary/aromatic N) is 3. The molecule has 0 aliphatic carbocycles. The van der Waals surface area contributed by atoms with Gasteiger partial charge < -0.3 is 14.6 Å². The summed E-state index contributed by atoms with van der Waals surface area (Å²) in [5.41, 5.74) is 0.623. The molecule has 1 aliphatic rings. The van der Waals surface area contributed by atoms with E-state index in [1.54, 1.807) is 27.5 Å². The summed E-state index contributed by atoms with van der Waals surface area (Å²) < 4.78 is 8.64. The number of nitrogens with one attached hydrogen (secondary N) is 1. The predicted octanol–water partition coefficient (Wildman–Crippen LogP) is 0.122. The average molecular weight is 262 g/mol. The van der Waals surface area contributed by atoms with Crippen molar-refractivity contribution in [2.75, 3.05) is 26.3 Å². The first kappa shape index (κ1) is 12.4. The van der Waals surface area contributed by atoms with Crippen LogP contribution in [0.3, 0.4) is 0 Å². The van der Waals surface area contributed by atoms with E-state index in [-0.39, 0.29) is 5.56 Å². The molecule has 3 heterocycles. The highest BCUT2D eigenvalue weighted by atomic mass is 16.5. The maximum absolute atomic E-state index is 12.1. The Labute approximate surface area is 111 Å². The maximum atomic E-state index is 12.1. The average Bonchev–Trinajstić information content (AvgIpc) is 3.08. The maximum Gasteiger partial charge on any atom is 0.276 e. The van der Waals surface area contributed by atoms with Gasteiger partial charge in [-0.15, -0.1) is 0 Å². The fourth-order valence-corrected chi connectivity index (χ4v) is 2.39. The molecule has 2 aromatic rings. The van der Waals surface area contributed by atoms with Crippen LogP contribution in [-0.4, -0.2) is 40.5 Å². The van der Waals surface area contributed by atoms with Crippen LogP contribution in [0, 0.1) is 5.92 Å². The summed E-state index contributed by atoms with van der Waals surface area (Å²) >= 11 is 0. The van der Waals surface area contributed by atoms with Crippen molar-refractivity contribution in [3.8, 4) is 0 Å². The Hall–Kier alpha value is -1.66. The van der Waals surface area contributed by atoms with Gasteiger partial charge in [0.25, 0.3) is 5.56 Å². The number of hydrogen-bond donors (Lipinski definition) is 1. The summed E-state index contributed by atoms with van der Waals surface area (Å²) in [5.74, 6) is 0.619. The smallest absolute Gasteiger partial charge is 0.276 e. The zero-order valence-electron chi connectivity index (χ0n) is 10.8. The number of ether oxygens (including phenoxy) is 1. The quantitative estimate of drug-likeness (QED) is 0.778. The van der Waals surface area contributed by atoms with Crippen LogP contribution in [0.25, 0.3) is 5.52 Å². The van der Waals surface area contributed by atoms with Gasteiger partial charge in [-0.1, -0.05) is 0 Å². The minimum atomic E-state index is 0.00556. The molecule has 3 rings (SSSR count). The molecule has 0 spiro atoms. The molecular weight excluding hydrogens is 244 g/mol. The van der Waals surface area contributed by atoms with Crippen LogP contribution in [0.4, 0.5) is 0 Å². The lowest BCUT2D eigenvalue weighted by atomic mass is 10.1. The number of aromatic nitrogens is 3. The van der Waals surface area contributed by atoms with Crippen molar-refractivity contribution in [3.05, 3.63) is 35.0 Å². The van der Waals surface area contributed by atoms with E-state index in [4.69, 9.17) is 4.74 Å². The second-order valence-electron chi connectivity index (χ2n) is 4.89. The van der Waals surface area contributed by atoms with Gasteiger partial charge in [-0.25, -0.2) is 4.52 Å². The summed E-state index contributed by atoms with van der Waals surface area (Å²) in [6.07, 6.45) is 6.36. The lowest BCUT2D eigenvalue weighted by Gasteiger charge is -2.10. The molecule has 1 N–H and O–H groups in total. The predicted molar refractivity (Wildman–Crippen MR) is 71.2 cm³/mol. The van der Waals surface area contributed by atoms with Crippen LogP contribution >= 0.6 is 0 Å². The highest BCUT2D eigenvalue weighted by Gasteiger charge is 2.14. The molecule has 0 aromatic carbocycles. The van der Waals surface area contributed by atoms with Gasteiger partial charge in [0, 0.05) is 38.6 Å². The van der Waals surface area contributed by atoms with Crippen molar-refractivity contribution in [1.29, 1.82) is 0 Å². The number of fused-ring (bicyclic) bond motifs is 1. The first-order valence-electron chi connectivity index (χ1n) is 6.66. The van der Waals surface area contributed by atoms with Crippen molar-refractivity contribution in [3.63, 3.8) is 0 Å². The Kier molecular flexibility index (Phi) is 3.61. The highest BCUT2D eigenvalue weighted by Crippen LogP contribution is 2.10. The van der Waals surface area contributed by atoms with Crippen LogP contribution in [0.15, 0.2) is 29.5 Å². The van der Waals surface area contributed by atoms with E-state index in [0.29, 0.717) is 18.0 Å². The molecule has 0 radical (unpaired) electrons. The zero-order valence-corrected chi connectivity index (χ0v) is 10.8. The van der Waals surface area contributed by atoms with Crippen LogP contribution in [0.5, 0.6) is 0 Å². The topological polar surface area (TPSA) is 60.6 Å². The SMILES string of the molecule is O=c1c2ccnn2ccn1CCNCC1CCOC1. The van der Waals surface area contributed by atoms with Gasteiger partial charge in [-0.3, -0.25) is 4.79 Å². The largest absolute Gasteiger partial charge is 0.381 e. The van der Waals surface area contributed by atoms with Crippen molar-refractivity contribution < 1.29 is 4.74 Å². The van der Waals surface area contributed by atoms with Crippen LogP contribution in [0.2, 0.25) is 0 Å². The third-order valence-corrected chi connectivity index (χ3v) is 3.52. The molecule has 6 nitrogen and oxygen atoms in total. The van der Waals surface area contributed by atoms with Gasteiger partial charge in [-0.2, -0.15) is 5.10 Å². The van der Waals surface area contributed by atoms with Crippen molar-refractivity contribution in [1.82, 2.24) is 19.5 Å². The standard InChI is InChI=1S/C13H18N4O2/c18-13-12-1-3-15-17(12)7-6-16(13)5-4-14-9-11-2-8-19-10-11/h1,3,6-7,11,14H,2,4-5,8-10H2. The Bertz CT molecular complexity index is 598. The molecule has 19 heavy (non-hydrogen) atoms. The molecule has 1 atom stereocenters. The Morgan fingerprint density at radius 1 is 1.47 bits per heavy atom. The Morgan fingerprint density at radius 3 is 3.26 bits per heavy atom. The van der Waals surface area contributed by atoms with Gasteiger partial charge in [0.15, 0.2) is 0 Å². The van der Waals surface area contributed by atoms with Crippen molar-refractivity contribution in [2.24, 2.45) is 5.92 Å². The molecule has 0 bridgehead atoms. The normalized spacial score (nSPS) is 19.3. The second kappa shape index (κ2) is 5.54. The second-order valence-corrected chi connectivity index (χ2v) is 4.89. The minimum Gasteiger partial charge on any atom is -0.381 e. The third-order valence-electron chi connectivity index (χ3n) is 3.52. The molecule has 1 aliphatic heterocycles. The molecule has 102 valence electrons. The minimum absolute atomic E-state index is 0.00556. The summed E-state index contributed by atoms with van der Waals surface area (Å²) in [6.45, 7) is 4.16. The molecule has 1 unspecified atom stereocenters. The fraction of sp³-hybridized carbons (Fsp3) is 0.538. The van der Waals surface area contributed by atoms with E-state index in [1.165, 1.54) is 0 Å². The summed E-state index contributed by atoms with van der Waals surface area (Å²) in [6, 6.07) is 1.74. The lowest BCUT2D eigenvalue weighted by Crippen LogP contribution is -2.30. The Balaban J connectivity index is 1.56. The first-order valence-corrected chi connectivity index (χ1v) is 6.66. The molecule has 0 saturated carbocycles. The molecule has 0 amide bonds. The van der Waals surface area contributed by atoms with E-state index in [1.807, 2.05) is 6.20 Å². The lowest BCUT2D eigenvalue weighted by molar-refractivity contribution is 0.185. The van der Waals surface area contributed by atoms with E-state index in [9.17, 15) is 4.79 Å². The van der Waals surface area contributed by atoms with Gasteiger partial charge in [0.2, 0.25) is 0 Å². The van der Waals surface area contributed by atoms with Crippen molar-refractivity contribution in [2.45, 2.75) is 13.0 Å². The molecule has 2 aromatic heterocycles. The van der Waals surface area contributed by atoms with E-state index in [2.05, 4.69) is 10.4 Å².